The molecule has 18 heavy (non-hydrogen) atoms. The molecule has 0 atom stereocenters. The number of hydrogen-bond donors (Lipinski definition) is 0. The Balaban J connectivity index is 2.03. The predicted molar refractivity (Wildman–Crippen MR) is 76.2 cm³/mol. The molecule has 0 amide bonds. The van der Waals surface area contributed by atoms with Crippen LogP contribution in [0.1, 0.15) is 30.5 Å². The van der Waals surface area contributed by atoms with E-state index in [2.05, 4.69) is 43.3 Å². The van der Waals surface area contributed by atoms with Gasteiger partial charge in [0.25, 0.3) is 0 Å². The molecule has 0 saturated heterocycles. The van der Waals surface area contributed by atoms with Crippen molar-refractivity contribution in [2.45, 2.75) is 26.7 Å². The van der Waals surface area contributed by atoms with Crippen molar-refractivity contribution in [3.8, 4) is 5.75 Å². The maximum atomic E-state index is 5.44. The molecule has 94 valence electrons. The maximum Gasteiger partial charge on any atom is 0.119 e. The van der Waals surface area contributed by atoms with Crippen LogP contribution in [-0.2, 0) is 12.8 Å². The van der Waals surface area contributed by atoms with Crippen molar-refractivity contribution >= 4 is 0 Å². The van der Waals surface area contributed by atoms with Crippen LogP contribution in [0.4, 0.5) is 0 Å². The molecule has 0 aliphatic rings. The van der Waals surface area contributed by atoms with E-state index in [0.717, 1.165) is 25.2 Å². The fourth-order valence-corrected chi connectivity index (χ4v) is 2.00. The lowest BCUT2D eigenvalue weighted by atomic mass is 10.0. The van der Waals surface area contributed by atoms with E-state index in [1.807, 2.05) is 19.1 Å². The van der Waals surface area contributed by atoms with Gasteiger partial charge in [0.05, 0.1) is 6.61 Å². The lowest BCUT2D eigenvalue weighted by Crippen LogP contribution is -1.92. The van der Waals surface area contributed by atoms with Crippen molar-refractivity contribution in [1.82, 2.24) is 0 Å². The summed E-state index contributed by atoms with van der Waals surface area (Å²) < 4.78 is 5.44. The molecule has 1 nitrogen and oxygen atoms in total. The van der Waals surface area contributed by atoms with Crippen molar-refractivity contribution in [1.29, 1.82) is 0 Å². The van der Waals surface area contributed by atoms with Crippen LogP contribution in [0, 0.1) is 0 Å². The summed E-state index contributed by atoms with van der Waals surface area (Å²) in [7, 11) is 0. The third-order valence-corrected chi connectivity index (χ3v) is 3.07. The Morgan fingerprint density at radius 3 is 1.72 bits per heavy atom. The minimum absolute atomic E-state index is 0.720. The van der Waals surface area contributed by atoms with Crippen molar-refractivity contribution in [2.24, 2.45) is 0 Å². The molecule has 0 unspecified atom stereocenters. The SMILES string of the molecule is CCOc1ccc(Cc2ccc(CC)cc2)cc1. The van der Waals surface area contributed by atoms with Crippen LogP contribution in [0.25, 0.3) is 0 Å². The summed E-state index contributed by atoms with van der Waals surface area (Å²) in [6.45, 7) is 4.91. The molecule has 0 fully saturated rings. The van der Waals surface area contributed by atoms with Gasteiger partial charge in [0.15, 0.2) is 0 Å². The summed E-state index contributed by atoms with van der Waals surface area (Å²) in [5.74, 6) is 0.947. The standard InChI is InChI=1S/C17H20O/c1-3-14-5-7-15(8-6-14)13-16-9-11-17(12-10-16)18-4-2/h5-12H,3-4,13H2,1-2H3. The van der Waals surface area contributed by atoms with Gasteiger partial charge in [-0.15, -0.1) is 0 Å². The summed E-state index contributed by atoms with van der Waals surface area (Å²) in [5.41, 5.74) is 4.07. The summed E-state index contributed by atoms with van der Waals surface area (Å²) in [5, 5.41) is 0. The molecule has 0 bridgehead atoms. The second-order valence-corrected chi connectivity index (χ2v) is 4.42. The Labute approximate surface area is 109 Å². The fourth-order valence-electron chi connectivity index (χ4n) is 2.00. The van der Waals surface area contributed by atoms with Gasteiger partial charge in [0.2, 0.25) is 0 Å². The summed E-state index contributed by atoms with van der Waals surface area (Å²) in [6.07, 6.45) is 2.08. The Kier molecular flexibility index (Phi) is 4.40. The van der Waals surface area contributed by atoms with E-state index < -0.39 is 0 Å². The largest absolute Gasteiger partial charge is 0.494 e. The predicted octanol–water partition coefficient (Wildman–Crippen LogP) is 4.24. The monoisotopic (exact) mass is 240 g/mol. The first-order valence-corrected chi connectivity index (χ1v) is 6.61. The summed E-state index contributed by atoms with van der Waals surface area (Å²) >= 11 is 0. The van der Waals surface area contributed by atoms with Gasteiger partial charge in [-0.2, -0.15) is 0 Å². The minimum atomic E-state index is 0.720. The van der Waals surface area contributed by atoms with E-state index in [1.54, 1.807) is 0 Å². The quantitative estimate of drug-likeness (QED) is 0.759. The van der Waals surface area contributed by atoms with Crippen LogP contribution in [0.5, 0.6) is 5.75 Å². The molecule has 0 aliphatic heterocycles. The highest BCUT2D eigenvalue weighted by atomic mass is 16.5. The van der Waals surface area contributed by atoms with E-state index >= 15 is 0 Å². The highest BCUT2D eigenvalue weighted by molar-refractivity contribution is 5.32. The van der Waals surface area contributed by atoms with Gasteiger partial charge in [-0.25, -0.2) is 0 Å². The van der Waals surface area contributed by atoms with Crippen molar-refractivity contribution in [3.63, 3.8) is 0 Å². The van der Waals surface area contributed by atoms with Crippen molar-refractivity contribution in [2.75, 3.05) is 6.61 Å². The van der Waals surface area contributed by atoms with Crippen LogP contribution in [0.15, 0.2) is 48.5 Å². The fraction of sp³-hybridized carbons (Fsp3) is 0.294. The van der Waals surface area contributed by atoms with Gasteiger partial charge in [-0.05, 0) is 48.6 Å². The first-order chi connectivity index (χ1) is 8.81. The highest BCUT2D eigenvalue weighted by Crippen LogP contribution is 2.15. The molecule has 1 heteroatoms. The highest BCUT2D eigenvalue weighted by Gasteiger charge is 1.98. The minimum Gasteiger partial charge on any atom is -0.494 e. The van der Waals surface area contributed by atoms with Crippen LogP contribution < -0.4 is 4.74 Å². The lowest BCUT2D eigenvalue weighted by molar-refractivity contribution is 0.340. The molecule has 2 rings (SSSR count). The molecule has 0 saturated carbocycles. The number of aryl methyl sites for hydroxylation is 1. The average Bonchev–Trinajstić information content (AvgIpc) is 2.42. The topological polar surface area (TPSA) is 9.23 Å². The third-order valence-electron chi connectivity index (χ3n) is 3.07. The molecule has 2 aromatic carbocycles. The number of benzene rings is 2. The molecule has 0 radical (unpaired) electrons. The van der Waals surface area contributed by atoms with Gasteiger partial charge in [0.1, 0.15) is 5.75 Å². The van der Waals surface area contributed by atoms with Gasteiger partial charge >= 0.3 is 0 Å². The zero-order chi connectivity index (χ0) is 12.8. The number of ether oxygens (including phenoxy) is 1. The van der Waals surface area contributed by atoms with E-state index in [9.17, 15) is 0 Å². The van der Waals surface area contributed by atoms with Crippen LogP contribution in [-0.4, -0.2) is 6.61 Å². The molecular weight excluding hydrogens is 220 g/mol. The second kappa shape index (κ2) is 6.25. The van der Waals surface area contributed by atoms with Crippen LogP contribution in [0.3, 0.4) is 0 Å². The van der Waals surface area contributed by atoms with Gasteiger partial charge in [0, 0.05) is 0 Å². The van der Waals surface area contributed by atoms with Gasteiger partial charge < -0.3 is 4.74 Å². The van der Waals surface area contributed by atoms with Crippen molar-refractivity contribution < 1.29 is 4.74 Å². The average molecular weight is 240 g/mol. The molecular formula is C17H20O. The second-order valence-electron chi connectivity index (χ2n) is 4.42. The zero-order valence-corrected chi connectivity index (χ0v) is 11.1. The van der Waals surface area contributed by atoms with Crippen molar-refractivity contribution in [3.05, 3.63) is 65.2 Å². The van der Waals surface area contributed by atoms with Crippen LogP contribution in [0.2, 0.25) is 0 Å². The maximum absolute atomic E-state index is 5.44. The Bertz CT molecular complexity index is 468. The molecule has 0 aromatic heterocycles. The van der Waals surface area contributed by atoms with Gasteiger partial charge in [-0.3, -0.25) is 0 Å². The summed E-state index contributed by atoms with van der Waals surface area (Å²) in [6, 6.07) is 17.2. The summed E-state index contributed by atoms with van der Waals surface area (Å²) in [4.78, 5) is 0. The molecule has 0 heterocycles. The van der Waals surface area contributed by atoms with E-state index in [4.69, 9.17) is 4.74 Å². The number of hydrogen-bond acceptors (Lipinski definition) is 1. The smallest absolute Gasteiger partial charge is 0.119 e. The molecule has 0 N–H and O–H groups in total. The first kappa shape index (κ1) is 12.7. The van der Waals surface area contributed by atoms with E-state index in [1.165, 1.54) is 16.7 Å². The Morgan fingerprint density at radius 1 is 0.722 bits per heavy atom. The van der Waals surface area contributed by atoms with Gasteiger partial charge in [-0.1, -0.05) is 43.3 Å². The van der Waals surface area contributed by atoms with E-state index in [0.29, 0.717) is 0 Å². The molecule has 2 aromatic rings. The Hall–Kier alpha value is -1.76. The van der Waals surface area contributed by atoms with E-state index in [-0.39, 0.29) is 0 Å². The molecule has 0 aliphatic carbocycles. The normalized spacial score (nSPS) is 10.3. The lowest BCUT2D eigenvalue weighted by Gasteiger charge is -2.06. The zero-order valence-electron chi connectivity index (χ0n) is 11.1. The molecule has 0 spiro atoms. The van der Waals surface area contributed by atoms with Crippen LogP contribution >= 0.6 is 0 Å². The third kappa shape index (κ3) is 3.36. The first-order valence-electron chi connectivity index (χ1n) is 6.61. The Morgan fingerprint density at radius 2 is 1.22 bits per heavy atom. The number of rotatable bonds is 5.